The first kappa shape index (κ1) is 14.8. The molecule has 0 saturated carbocycles. The van der Waals surface area contributed by atoms with Gasteiger partial charge in [0.15, 0.2) is 5.82 Å². The Morgan fingerprint density at radius 3 is 2.88 bits per heavy atom. The average Bonchev–Trinajstić information content (AvgIpc) is 3.21. The van der Waals surface area contributed by atoms with Gasteiger partial charge in [-0.3, -0.25) is 5.32 Å². The van der Waals surface area contributed by atoms with E-state index in [-0.39, 0.29) is 6.03 Å². The Morgan fingerprint density at radius 1 is 1.33 bits per heavy atom. The predicted octanol–water partition coefficient (Wildman–Crippen LogP) is 3.88. The average molecular weight is 324 g/mol. The number of likely N-dealkylation sites (tertiary alicyclic amines) is 1. The largest absolute Gasteiger partial charge is 0.361 e. The zero-order valence-corrected chi connectivity index (χ0v) is 13.6. The van der Waals surface area contributed by atoms with Gasteiger partial charge in [-0.1, -0.05) is 23.4 Å². The lowest BCUT2D eigenvalue weighted by molar-refractivity contribution is 0.194. The van der Waals surface area contributed by atoms with Gasteiger partial charge in [-0.25, -0.2) is 4.79 Å². The van der Waals surface area contributed by atoms with Crippen LogP contribution in [0.25, 0.3) is 10.9 Å². The molecule has 24 heavy (non-hydrogen) atoms. The van der Waals surface area contributed by atoms with E-state index >= 15 is 0 Å². The standard InChI is InChI=1S/C18H20N4O2/c1-12-10-17(21-24-12)20-18(23)22-8-6-13(7-9-22)15-11-19-16-5-3-2-4-14(15)16/h2-5,10-11,13,19H,6-9H2,1H3,(H,20,21,23). The summed E-state index contributed by atoms with van der Waals surface area (Å²) in [7, 11) is 0. The van der Waals surface area contributed by atoms with Gasteiger partial charge in [0, 0.05) is 36.3 Å². The summed E-state index contributed by atoms with van der Waals surface area (Å²) in [6.45, 7) is 3.29. The molecule has 2 amide bonds. The molecule has 2 aromatic heterocycles. The van der Waals surface area contributed by atoms with E-state index in [2.05, 4.69) is 39.9 Å². The molecule has 6 heteroatoms. The Kier molecular flexibility index (Phi) is 3.72. The molecule has 3 heterocycles. The van der Waals surface area contributed by atoms with Crippen LogP contribution in [0.4, 0.5) is 10.6 Å². The van der Waals surface area contributed by atoms with E-state index in [1.54, 1.807) is 13.0 Å². The molecule has 0 unspecified atom stereocenters. The Morgan fingerprint density at radius 2 is 2.12 bits per heavy atom. The van der Waals surface area contributed by atoms with E-state index in [9.17, 15) is 4.79 Å². The van der Waals surface area contributed by atoms with Crippen molar-refractivity contribution in [3.63, 3.8) is 0 Å². The first-order valence-corrected chi connectivity index (χ1v) is 8.26. The smallest absolute Gasteiger partial charge is 0.323 e. The zero-order valence-electron chi connectivity index (χ0n) is 13.6. The Balaban J connectivity index is 1.40. The summed E-state index contributed by atoms with van der Waals surface area (Å²) < 4.78 is 4.97. The van der Waals surface area contributed by atoms with Crippen LogP contribution >= 0.6 is 0 Å². The molecule has 4 rings (SSSR count). The number of aromatic nitrogens is 2. The van der Waals surface area contributed by atoms with Crippen LogP contribution in [0.15, 0.2) is 41.1 Å². The number of para-hydroxylation sites is 1. The quantitative estimate of drug-likeness (QED) is 0.751. The van der Waals surface area contributed by atoms with Crippen molar-refractivity contribution in [1.29, 1.82) is 0 Å². The number of aryl methyl sites for hydroxylation is 1. The number of anilines is 1. The Hall–Kier alpha value is -2.76. The van der Waals surface area contributed by atoms with Crippen LogP contribution in [0.5, 0.6) is 0 Å². The van der Waals surface area contributed by atoms with Crippen molar-refractivity contribution in [2.45, 2.75) is 25.7 Å². The first-order chi connectivity index (χ1) is 11.7. The highest BCUT2D eigenvalue weighted by atomic mass is 16.5. The summed E-state index contributed by atoms with van der Waals surface area (Å²) in [6.07, 6.45) is 4.05. The van der Waals surface area contributed by atoms with E-state index in [0.717, 1.165) is 25.9 Å². The topological polar surface area (TPSA) is 74.2 Å². The minimum atomic E-state index is -0.110. The fraction of sp³-hybridized carbons (Fsp3) is 0.333. The fourth-order valence-corrected chi connectivity index (χ4v) is 3.44. The lowest BCUT2D eigenvalue weighted by atomic mass is 9.89. The van der Waals surface area contributed by atoms with Gasteiger partial charge in [0.2, 0.25) is 0 Å². The lowest BCUT2D eigenvalue weighted by Crippen LogP contribution is -2.40. The Bertz CT molecular complexity index is 859. The van der Waals surface area contributed by atoms with Gasteiger partial charge in [0.25, 0.3) is 0 Å². The van der Waals surface area contributed by atoms with Crippen LogP contribution < -0.4 is 5.32 Å². The number of aromatic amines is 1. The molecule has 124 valence electrons. The molecule has 1 saturated heterocycles. The molecule has 1 aliphatic heterocycles. The van der Waals surface area contributed by atoms with Gasteiger partial charge in [-0.05, 0) is 37.3 Å². The van der Waals surface area contributed by atoms with Crippen LogP contribution in [-0.2, 0) is 0 Å². The van der Waals surface area contributed by atoms with Crippen molar-refractivity contribution in [1.82, 2.24) is 15.0 Å². The second kappa shape index (κ2) is 6.03. The second-order valence-electron chi connectivity index (χ2n) is 6.30. The van der Waals surface area contributed by atoms with E-state index in [0.29, 0.717) is 17.5 Å². The van der Waals surface area contributed by atoms with Crippen molar-refractivity contribution < 1.29 is 9.32 Å². The van der Waals surface area contributed by atoms with Gasteiger partial charge < -0.3 is 14.4 Å². The number of urea groups is 1. The van der Waals surface area contributed by atoms with Crippen molar-refractivity contribution >= 4 is 22.8 Å². The Labute approximate surface area is 139 Å². The molecule has 1 aromatic carbocycles. The maximum Gasteiger partial charge on any atom is 0.323 e. The van der Waals surface area contributed by atoms with Crippen LogP contribution in [-0.4, -0.2) is 34.2 Å². The molecule has 6 nitrogen and oxygen atoms in total. The minimum absolute atomic E-state index is 0.110. The van der Waals surface area contributed by atoms with Crippen molar-refractivity contribution in [2.24, 2.45) is 0 Å². The van der Waals surface area contributed by atoms with Crippen molar-refractivity contribution in [2.75, 3.05) is 18.4 Å². The van der Waals surface area contributed by atoms with Crippen molar-refractivity contribution in [3.8, 4) is 0 Å². The van der Waals surface area contributed by atoms with Crippen LogP contribution in [0, 0.1) is 6.92 Å². The molecule has 1 fully saturated rings. The highest BCUT2D eigenvalue weighted by molar-refractivity contribution is 5.88. The maximum absolute atomic E-state index is 12.3. The summed E-state index contributed by atoms with van der Waals surface area (Å²) in [6, 6.07) is 9.98. The number of carbonyl (C=O) groups is 1. The van der Waals surface area contributed by atoms with Gasteiger partial charge in [-0.2, -0.15) is 0 Å². The number of fused-ring (bicyclic) bond motifs is 1. The molecule has 1 aliphatic rings. The fourth-order valence-electron chi connectivity index (χ4n) is 3.44. The van der Waals surface area contributed by atoms with Gasteiger partial charge in [0.05, 0.1) is 0 Å². The summed E-state index contributed by atoms with van der Waals surface area (Å²) in [5, 5.41) is 7.88. The maximum atomic E-state index is 12.3. The van der Waals surface area contributed by atoms with E-state index in [1.807, 2.05) is 11.0 Å². The van der Waals surface area contributed by atoms with Crippen LogP contribution in [0.3, 0.4) is 0 Å². The number of hydrogen-bond acceptors (Lipinski definition) is 3. The number of H-pyrrole nitrogens is 1. The van der Waals surface area contributed by atoms with E-state index < -0.39 is 0 Å². The molecule has 0 bridgehead atoms. The molecule has 0 atom stereocenters. The molecule has 0 spiro atoms. The van der Waals surface area contributed by atoms with Gasteiger partial charge >= 0.3 is 6.03 Å². The molecule has 0 radical (unpaired) electrons. The molecule has 0 aliphatic carbocycles. The molecule has 2 N–H and O–H groups in total. The normalized spacial score (nSPS) is 15.8. The summed E-state index contributed by atoms with van der Waals surface area (Å²) in [4.78, 5) is 17.5. The molecular formula is C18H20N4O2. The SMILES string of the molecule is Cc1cc(NC(=O)N2CCC(c3c[nH]c4ccccc34)CC2)no1. The summed E-state index contributed by atoms with van der Waals surface area (Å²) in [5.74, 6) is 1.64. The molecular weight excluding hydrogens is 304 g/mol. The number of benzene rings is 1. The number of rotatable bonds is 2. The molecule has 3 aromatic rings. The monoisotopic (exact) mass is 324 g/mol. The van der Waals surface area contributed by atoms with E-state index in [4.69, 9.17) is 4.52 Å². The van der Waals surface area contributed by atoms with Crippen molar-refractivity contribution in [3.05, 3.63) is 47.9 Å². The van der Waals surface area contributed by atoms with Crippen LogP contribution in [0.1, 0.15) is 30.1 Å². The third-order valence-electron chi connectivity index (χ3n) is 4.71. The van der Waals surface area contributed by atoms with Crippen LogP contribution in [0.2, 0.25) is 0 Å². The van der Waals surface area contributed by atoms with Gasteiger partial charge in [-0.15, -0.1) is 0 Å². The highest BCUT2D eigenvalue weighted by Gasteiger charge is 2.25. The number of nitrogens with one attached hydrogen (secondary N) is 2. The summed E-state index contributed by atoms with van der Waals surface area (Å²) in [5.41, 5.74) is 2.53. The van der Waals surface area contributed by atoms with Gasteiger partial charge in [0.1, 0.15) is 5.76 Å². The van der Waals surface area contributed by atoms with E-state index in [1.165, 1.54) is 16.5 Å². The number of hydrogen-bond donors (Lipinski definition) is 2. The third kappa shape index (κ3) is 2.75. The lowest BCUT2D eigenvalue weighted by Gasteiger charge is -2.31. The third-order valence-corrected chi connectivity index (χ3v) is 4.71. The highest BCUT2D eigenvalue weighted by Crippen LogP contribution is 2.33. The summed E-state index contributed by atoms with van der Waals surface area (Å²) >= 11 is 0. The first-order valence-electron chi connectivity index (χ1n) is 8.26. The number of nitrogens with zero attached hydrogens (tertiary/aromatic N) is 2. The second-order valence-corrected chi connectivity index (χ2v) is 6.30. The predicted molar refractivity (Wildman–Crippen MR) is 92.1 cm³/mol. The zero-order chi connectivity index (χ0) is 16.5. The number of amides is 2. The minimum Gasteiger partial charge on any atom is -0.361 e. The number of carbonyl (C=O) groups excluding carboxylic acids is 1. The number of piperidine rings is 1.